The van der Waals surface area contributed by atoms with Crippen LogP contribution in [0.4, 0.5) is 0 Å². The number of allylic oxidation sites excluding steroid dienone is 2. The van der Waals surface area contributed by atoms with Gasteiger partial charge in [-0.15, -0.1) is 0 Å². The van der Waals surface area contributed by atoms with Gasteiger partial charge in [-0.25, -0.2) is 0 Å². The highest BCUT2D eigenvalue weighted by Gasteiger charge is 2.67. The van der Waals surface area contributed by atoms with Crippen LogP contribution in [-0.4, -0.2) is 11.2 Å². The molecule has 0 saturated heterocycles. The van der Waals surface area contributed by atoms with Gasteiger partial charge in [0.1, 0.15) is 0 Å². The van der Waals surface area contributed by atoms with Crippen molar-refractivity contribution in [2.45, 2.75) is 126 Å². The molecule has 8 atom stereocenters. The van der Waals surface area contributed by atoms with Crippen LogP contribution < -0.4 is 0 Å². The average Bonchev–Trinajstić information content (AvgIpc) is 3.03. The van der Waals surface area contributed by atoms with E-state index in [0.29, 0.717) is 27.6 Å². The number of hydrogen-bond acceptors (Lipinski definition) is 1. The van der Waals surface area contributed by atoms with E-state index in [1.54, 1.807) is 0 Å². The molecule has 0 aliphatic heterocycles. The van der Waals surface area contributed by atoms with Crippen molar-refractivity contribution < 1.29 is 5.11 Å². The Bertz CT molecular complexity index is 790. The zero-order valence-electron chi connectivity index (χ0n) is 21.9. The van der Waals surface area contributed by atoms with Crippen LogP contribution in [0.2, 0.25) is 0 Å². The number of fused-ring (bicyclic) bond motifs is 6. The molecule has 0 heterocycles. The molecule has 0 aromatic heterocycles. The molecule has 1 nitrogen and oxygen atoms in total. The Balaban J connectivity index is 1.57. The third kappa shape index (κ3) is 2.60. The molecule has 5 aliphatic carbocycles. The molecule has 176 valence electrons. The minimum atomic E-state index is -0.117. The minimum Gasteiger partial charge on any atom is -0.393 e. The van der Waals surface area contributed by atoms with E-state index >= 15 is 0 Å². The topological polar surface area (TPSA) is 20.2 Å². The van der Waals surface area contributed by atoms with Gasteiger partial charge in [-0.1, -0.05) is 66.5 Å². The van der Waals surface area contributed by atoms with Crippen molar-refractivity contribution in [1.82, 2.24) is 0 Å². The summed E-state index contributed by atoms with van der Waals surface area (Å²) in [5.74, 6) is 3.18. The minimum absolute atomic E-state index is 0.0645. The Labute approximate surface area is 192 Å². The van der Waals surface area contributed by atoms with Crippen LogP contribution in [0.1, 0.15) is 120 Å². The molecule has 0 spiro atoms. The van der Waals surface area contributed by atoms with Crippen molar-refractivity contribution in [2.24, 2.45) is 50.7 Å². The fourth-order valence-electron chi connectivity index (χ4n) is 11.2. The zero-order valence-corrected chi connectivity index (χ0v) is 21.9. The van der Waals surface area contributed by atoms with Gasteiger partial charge in [0.2, 0.25) is 0 Å². The van der Waals surface area contributed by atoms with E-state index in [4.69, 9.17) is 0 Å². The molecule has 0 amide bonds. The van der Waals surface area contributed by atoms with Crippen molar-refractivity contribution in [3.63, 3.8) is 0 Å². The first-order chi connectivity index (χ1) is 14.3. The summed E-state index contributed by atoms with van der Waals surface area (Å²) in [4.78, 5) is 0. The van der Waals surface area contributed by atoms with Gasteiger partial charge >= 0.3 is 0 Å². The molecule has 4 fully saturated rings. The molecule has 5 aliphatic rings. The summed E-state index contributed by atoms with van der Waals surface area (Å²) in [5, 5.41) is 10.9. The summed E-state index contributed by atoms with van der Waals surface area (Å²) < 4.78 is 0. The highest BCUT2D eigenvalue weighted by Crippen LogP contribution is 2.75. The maximum atomic E-state index is 10.9. The molecule has 0 bridgehead atoms. The Hall–Kier alpha value is -0.300. The summed E-state index contributed by atoms with van der Waals surface area (Å²) in [6.07, 6.45) is 13.2. The third-order valence-corrected chi connectivity index (χ3v) is 13.2. The largest absolute Gasteiger partial charge is 0.393 e. The predicted molar refractivity (Wildman–Crippen MR) is 131 cm³/mol. The lowest BCUT2D eigenvalue weighted by atomic mass is 9.34. The van der Waals surface area contributed by atoms with E-state index in [2.05, 4.69) is 55.4 Å². The molecule has 1 N–H and O–H groups in total. The Morgan fingerprint density at radius 1 is 0.742 bits per heavy atom. The average molecular weight is 427 g/mol. The van der Waals surface area contributed by atoms with Gasteiger partial charge in [0.15, 0.2) is 0 Å². The molecule has 31 heavy (non-hydrogen) atoms. The monoisotopic (exact) mass is 426 g/mol. The lowest BCUT2D eigenvalue weighted by molar-refractivity contribution is -0.204. The maximum absolute atomic E-state index is 10.9. The zero-order chi connectivity index (χ0) is 22.6. The first-order valence-corrected chi connectivity index (χ1v) is 13.7. The summed E-state index contributed by atoms with van der Waals surface area (Å²) in [5.41, 5.74) is 5.61. The fourth-order valence-corrected chi connectivity index (χ4v) is 11.2. The van der Waals surface area contributed by atoms with E-state index in [0.717, 1.165) is 24.2 Å². The molecule has 0 unspecified atom stereocenters. The van der Waals surface area contributed by atoms with E-state index in [1.165, 1.54) is 57.8 Å². The van der Waals surface area contributed by atoms with Crippen LogP contribution in [0.5, 0.6) is 0 Å². The SMILES string of the molecule is CC(C)[C@@H]1CCC2=C3CC[C@@H]4[C@@]5(C)CC[C@H](O)C(C)(C)[C@@H]5CC[C@]4(C)[C@@]3(C)CC[C@]21C. The fraction of sp³-hybridized carbons (Fsp3) is 0.933. The number of rotatable bonds is 1. The lowest BCUT2D eigenvalue weighted by Crippen LogP contribution is -2.63. The highest BCUT2D eigenvalue weighted by atomic mass is 16.3. The van der Waals surface area contributed by atoms with Crippen molar-refractivity contribution in [3.8, 4) is 0 Å². The van der Waals surface area contributed by atoms with Gasteiger partial charge < -0.3 is 5.11 Å². The highest BCUT2D eigenvalue weighted by molar-refractivity contribution is 5.38. The van der Waals surface area contributed by atoms with Gasteiger partial charge in [0.05, 0.1) is 6.10 Å². The summed E-state index contributed by atoms with van der Waals surface area (Å²) in [7, 11) is 0. The van der Waals surface area contributed by atoms with Gasteiger partial charge in [0.25, 0.3) is 0 Å². The molecule has 0 radical (unpaired) electrons. The second-order valence-corrected chi connectivity index (χ2v) is 14.6. The van der Waals surface area contributed by atoms with Crippen LogP contribution in [0, 0.1) is 50.7 Å². The van der Waals surface area contributed by atoms with Crippen LogP contribution in [0.25, 0.3) is 0 Å². The normalized spacial score (nSPS) is 53.6. The van der Waals surface area contributed by atoms with E-state index < -0.39 is 0 Å². The Morgan fingerprint density at radius 2 is 1.42 bits per heavy atom. The predicted octanol–water partition coefficient (Wildman–Crippen LogP) is 8.17. The van der Waals surface area contributed by atoms with Crippen LogP contribution in [-0.2, 0) is 0 Å². The smallest absolute Gasteiger partial charge is 0.0594 e. The molecule has 1 heteroatoms. The maximum Gasteiger partial charge on any atom is 0.0594 e. The first-order valence-electron chi connectivity index (χ1n) is 13.7. The first kappa shape index (κ1) is 22.5. The molecular weight excluding hydrogens is 376 g/mol. The summed E-state index contributed by atoms with van der Waals surface area (Å²) in [6, 6.07) is 0. The third-order valence-electron chi connectivity index (χ3n) is 13.2. The van der Waals surface area contributed by atoms with Gasteiger partial charge in [-0.3, -0.25) is 0 Å². The second-order valence-electron chi connectivity index (χ2n) is 14.6. The van der Waals surface area contributed by atoms with Crippen molar-refractivity contribution in [2.75, 3.05) is 0 Å². The number of hydrogen-bond donors (Lipinski definition) is 1. The summed E-state index contributed by atoms with van der Waals surface area (Å²) >= 11 is 0. The van der Waals surface area contributed by atoms with Crippen molar-refractivity contribution in [1.29, 1.82) is 0 Å². The van der Waals surface area contributed by atoms with Gasteiger partial charge in [0, 0.05) is 0 Å². The molecule has 0 aromatic rings. The van der Waals surface area contributed by atoms with Crippen molar-refractivity contribution >= 4 is 0 Å². The second kappa shape index (κ2) is 6.64. The van der Waals surface area contributed by atoms with Crippen molar-refractivity contribution in [3.05, 3.63) is 11.1 Å². The summed E-state index contributed by atoms with van der Waals surface area (Å²) in [6.45, 7) is 20.4. The molecule has 4 saturated carbocycles. The van der Waals surface area contributed by atoms with Crippen LogP contribution in [0.15, 0.2) is 11.1 Å². The molecule has 0 aromatic carbocycles. The number of aliphatic hydroxyl groups excluding tert-OH is 1. The van der Waals surface area contributed by atoms with E-state index in [9.17, 15) is 5.11 Å². The van der Waals surface area contributed by atoms with Gasteiger partial charge in [-0.05, 0) is 115 Å². The quantitative estimate of drug-likeness (QED) is 0.419. The van der Waals surface area contributed by atoms with Crippen LogP contribution >= 0.6 is 0 Å². The van der Waals surface area contributed by atoms with E-state index in [-0.39, 0.29) is 11.5 Å². The lowest BCUT2D eigenvalue weighted by Gasteiger charge is -2.70. The Kier molecular flexibility index (Phi) is 4.82. The van der Waals surface area contributed by atoms with Crippen LogP contribution in [0.3, 0.4) is 0 Å². The standard InChI is InChI=1S/C30H50O/c1-19(2)20-9-10-21-22-11-12-24-28(6)15-14-25(31)26(3,4)23(28)13-16-30(24,8)29(22,7)18-17-27(20,21)5/h19-20,23-25,31H,9-18H2,1-8H3/t20-,23-,24+,25-,27-,28-,29-,30-/m0/s1. The molecule has 5 rings (SSSR count). The number of aliphatic hydroxyl groups is 1. The Morgan fingerprint density at radius 3 is 2.10 bits per heavy atom. The van der Waals surface area contributed by atoms with E-state index in [1.807, 2.05) is 11.1 Å². The van der Waals surface area contributed by atoms with Gasteiger partial charge in [-0.2, -0.15) is 0 Å². The molecular formula is C30H50O.